The van der Waals surface area contributed by atoms with Gasteiger partial charge in [0.05, 0.1) is 7.11 Å². The minimum atomic E-state index is 0.0556. The second kappa shape index (κ2) is 2.92. The van der Waals surface area contributed by atoms with Crippen LogP contribution in [0.15, 0.2) is 12.1 Å². The highest BCUT2D eigenvalue weighted by atomic mass is 32.1. The van der Waals surface area contributed by atoms with E-state index in [0.29, 0.717) is 10.4 Å². The molecule has 0 fully saturated rings. The van der Waals surface area contributed by atoms with Crippen LogP contribution < -0.4 is 4.74 Å². The summed E-state index contributed by atoms with van der Waals surface area (Å²) < 4.78 is 6.92. The fourth-order valence-electron chi connectivity index (χ4n) is 0.762. The van der Waals surface area contributed by atoms with Crippen LogP contribution in [0.3, 0.4) is 0 Å². The van der Waals surface area contributed by atoms with Gasteiger partial charge in [-0.3, -0.25) is 0 Å². The quantitative estimate of drug-likeness (QED) is 0.650. The molecule has 0 aliphatic rings. The molecule has 0 bridgehead atoms. The van der Waals surface area contributed by atoms with Gasteiger partial charge in [0, 0.05) is 7.05 Å². The SMILES string of the molecule is COc1ccc(=S)n(C)c1O. The molecule has 1 aromatic heterocycles. The fraction of sp³-hybridized carbons (Fsp3) is 0.286. The Morgan fingerprint density at radius 3 is 2.73 bits per heavy atom. The average Bonchev–Trinajstić information content (AvgIpc) is 2.01. The molecule has 0 saturated heterocycles. The number of hydrogen-bond acceptors (Lipinski definition) is 3. The molecule has 11 heavy (non-hydrogen) atoms. The lowest BCUT2D eigenvalue weighted by Crippen LogP contribution is -1.95. The third kappa shape index (κ3) is 1.35. The van der Waals surface area contributed by atoms with Gasteiger partial charge in [-0.1, -0.05) is 12.2 Å². The van der Waals surface area contributed by atoms with Gasteiger partial charge in [0.15, 0.2) is 5.75 Å². The van der Waals surface area contributed by atoms with Gasteiger partial charge < -0.3 is 14.4 Å². The summed E-state index contributed by atoms with van der Waals surface area (Å²) in [5.74, 6) is 0.487. The van der Waals surface area contributed by atoms with E-state index in [1.54, 1.807) is 19.2 Å². The molecule has 1 heterocycles. The Labute approximate surface area is 69.9 Å². The summed E-state index contributed by atoms with van der Waals surface area (Å²) >= 11 is 4.90. The van der Waals surface area contributed by atoms with E-state index in [2.05, 4.69) is 0 Å². The van der Waals surface area contributed by atoms with E-state index in [1.165, 1.54) is 11.7 Å². The number of aromatic hydroxyl groups is 1. The number of aromatic nitrogens is 1. The molecule has 0 spiro atoms. The highest BCUT2D eigenvalue weighted by Gasteiger charge is 2.02. The first-order valence-electron chi connectivity index (χ1n) is 3.10. The van der Waals surface area contributed by atoms with E-state index in [4.69, 9.17) is 17.0 Å². The number of hydrogen-bond donors (Lipinski definition) is 1. The molecular weight excluding hydrogens is 162 g/mol. The normalized spacial score (nSPS) is 9.64. The Morgan fingerprint density at radius 2 is 2.18 bits per heavy atom. The molecule has 1 aromatic rings. The molecule has 3 nitrogen and oxygen atoms in total. The monoisotopic (exact) mass is 171 g/mol. The molecule has 0 aromatic carbocycles. The van der Waals surface area contributed by atoms with Gasteiger partial charge in [0.2, 0.25) is 5.88 Å². The number of ether oxygens (including phenoxy) is 1. The van der Waals surface area contributed by atoms with Crippen molar-refractivity contribution >= 4 is 12.2 Å². The number of nitrogens with zero attached hydrogens (tertiary/aromatic N) is 1. The summed E-state index contributed by atoms with van der Waals surface area (Å²) in [6.07, 6.45) is 0. The van der Waals surface area contributed by atoms with Crippen molar-refractivity contribution in [3.05, 3.63) is 16.8 Å². The standard InChI is InChI=1S/C7H9NO2S/c1-8-6(11)4-3-5(10-2)7(8)9/h3-4,9H,1-2H3. The molecule has 0 unspecified atom stereocenters. The first-order valence-corrected chi connectivity index (χ1v) is 3.50. The highest BCUT2D eigenvalue weighted by Crippen LogP contribution is 2.23. The third-order valence-corrected chi connectivity index (χ3v) is 1.88. The fourth-order valence-corrected chi connectivity index (χ4v) is 0.917. The summed E-state index contributed by atoms with van der Waals surface area (Å²) in [7, 11) is 3.18. The topological polar surface area (TPSA) is 34.4 Å². The molecule has 1 N–H and O–H groups in total. The second-order valence-corrected chi connectivity index (χ2v) is 2.54. The van der Waals surface area contributed by atoms with Crippen molar-refractivity contribution in [1.82, 2.24) is 4.57 Å². The maximum atomic E-state index is 9.35. The first-order chi connectivity index (χ1) is 5.16. The zero-order valence-corrected chi connectivity index (χ0v) is 7.18. The van der Waals surface area contributed by atoms with E-state index in [-0.39, 0.29) is 5.88 Å². The van der Waals surface area contributed by atoms with Crippen LogP contribution in [0.4, 0.5) is 0 Å². The molecule has 1 rings (SSSR count). The maximum absolute atomic E-state index is 9.35. The van der Waals surface area contributed by atoms with E-state index in [0.717, 1.165) is 0 Å². The van der Waals surface area contributed by atoms with Crippen LogP contribution in [0.25, 0.3) is 0 Å². The maximum Gasteiger partial charge on any atom is 0.235 e. The van der Waals surface area contributed by atoms with Gasteiger partial charge in [0.1, 0.15) is 4.64 Å². The molecule has 0 saturated carbocycles. The second-order valence-electron chi connectivity index (χ2n) is 2.12. The molecule has 0 aliphatic carbocycles. The predicted molar refractivity (Wildman–Crippen MR) is 44.5 cm³/mol. The van der Waals surface area contributed by atoms with Gasteiger partial charge >= 0.3 is 0 Å². The summed E-state index contributed by atoms with van der Waals surface area (Å²) in [6, 6.07) is 3.34. The number of rotatable bonds is 1. The molecule has 0 atom stereocenters. The van der Waals surface area contributed by atoms with E-state index in [9.17, 15) is 5.11 Å². The number of methoxy groups -OCH3 is 1. The summed E-state index contributed by atoms with van der Waals surface area (Å²) in [6.45, 7) is 0. The van der Waals surface area contributed by atoms with Crippen molar-refractivity contribution in [1.29, 1.82) is 0 Å². The number of pyridine rings is 1. The average molecular weight is 171 g/mol. The van der Waals surface area contributed by atoms with Crippen LogP contribution in [-0.2, 0) is 7.05 Å². The van der Waals surface area contributed by atoms with Gasteiger partial charge in [-0.15, -0.1) is 0 Å². The van der Waals surface area contributed by atoms with E-state index < -0.39 is 0 Å². The van der Waals surface area contributed by atoms with Crippen LogP contribution >= 0.6 is 12.2 Å². The van der Waals surface area contributed by atoms with E-state index in [1.807, 2.05) is 0 Å². The van der Waals surface area contributed by atoms with E-state index >= 15 is 0 Å². The van der Waals surface area contributed by atoms with Crippen molar-refractivity contribution in [3.8, 4) is 11.6 Å². The van der Waals surface area contributed by atoms with Crippen molar-refractivity contribution in [2.75, 3.05) is 7.11 Å². The largest absolute Gasteiger partial charge is 0.492 e. The Morgan fingerprint density at radius 1 is 1.55 bits per heavy atom. The van der Waals surface area contributed by atoms with Crippen molar-refractivity contribution in [3.63, 3.8) is 0 Å². The first kappa shape index (κ1) is 8.07. The lowest BCUT2D eigenvalue weighted by Gasteiger charge is -2.06. The summed E-state index contributed by atoms with van der Waals surface area (Å²) in [5, 5.41) is 9.35. The smallest absolute Gasteiger partial charge is 0.235 e. The molecule has 0 aliphatic heterocycles. The van der Waals surface area contributed by atoms with Gasteiger partial charge in [-0.2, -0.15) is 0 Å². The Bertz CT molecular complexity index is 319. The van der Waals surface area contributed by atoms with Crippen LogP contribution in [-0.4, -0.2) is 16.8 Å². The predicted octanol–water partition coefficient (Wildman–Crippen LogP) is 1.47. The molecule has 60 valence electrons. The molecule has 0 radical (unpaired) electrons. The Hall–Kier alpha value is -1.03. The van der Waals surface area contributed by atoms with Gasteiger partial charge in [0.25, 0.3) is 0 Å². The van der Waals surface area contributed by atoms with Crippen molar-refractivity contribution in [2.24, 2.45) is 7.05 Å². The lowest BCUT2D eigenvalue weighted by atomic mass is 10.4. The summed E-state index contributed by atoms with van der Waals surface area (Å²) in [4.78, 5) is 0. The Balaban J connectivity index is 3.37. The zero-order chi connectivity index (χ0) is 8.43. The van der Waals surface area contributed by atoms with Crippen LogP contribution in [0.2, 0.25) is 0 Å². The lowest BCUT2D eigenvalue weighted by molar-refractivity contribution is 0.349. The minimum Gasteiger partial charge on any atom is -0.492 e. The van der Waals surface area contributed by atoms with Crippen LogP contribution in [0.1, 0.15) is 0 Å². The molecule has 4 heteroatoms. The minimum absolute atomic E-state index is 0.0556. The molecular formula is C7H9NO2S. The van der Waals surface area contributed by atoms with Crippen molar-refractivity contribution in [2.45, 2.75) is 0 Å². The van der Waals surface area contributed by atoms with Gasteiger partial charge in [-0.25, -0.2) is 0 Å². The molecule has 0 amide bonds. The highest BCUT2D eigenvalue weighted by molar-refractivity contribution is 7.71. The van der Waals surface area contributed by atoms with Gasteiger partial charge in [-0.05, 0) is 12.1 Å². The van der Waals surface area contributed by atoms with Crippen LogP contribution in [0.5, 0.6) is 11.6 Å². The third-order valence-electron chi connectivity index (χ3n) is 1.47. The Kier molecular flexibility index (Phi) is 2.14. The van der Waals surface area contributed by atoms with Crippen molar-refractivity contribution < 1.29 is 9.84 Å². The van der Waals surface area contributed by atoms with Crippen LogP contribution in [0, 0.1) is 4.64 Å². The zero-order valence-electron chi connectivity index (χ0n) is 6.37. The summed E-state index contributed by atoms with van der Waals surface area (Å²) in [5.41, 5.74) is 0.